The molecule has 2 amide bonds. The second-order valence-electron chi connectivity index (χ2n) is 11.5. The number of anilines is 1. The van der Waals surface area contributed by atoms with Gasteiger partial charge in [-0.05, 0) is 61.4 Å². The lowest BCUT2D eigenvalue weighted by atomic mass is 10.0. The summed E-state index contributed by atoms with van der Waals surface area (Å²) in [6.45, 7) is 10.9. The van der Waals surface area contributed by atoms with Crippen LogP contribution in [-0.2, 0) is 32.6 Å². The average Bonchev–Trinajstić information content (AvgIpc) is 2.94. The first-order valence-corrected chi connectivity index (χ1v) is 16.4. The molecule has 0 spiro atoms. The van der Waals surface area contributed by atoms with Crippen molar-refractivity contribution in [3.05, 3.63) is 101 Å². The topological polar surface area (TPSA) is 86.8 Å². The molecule has 0 aliphatic rings. The van der Waals surface area contributed by atoms with Crippen molar-refractivity contribution in [2.75, 3.05) is 23.7 Å². The van der Waals surface area contributed by atoms with Gasteiger partial charge < -0.3 is 10.2 Å². The van der Waals surface area contributed by atoms with Crippen LogP contribution in [-0.4, -0.2) is 50.5 Å². The van der Waals surface area contributed by atoms with Gasteiger partial charge >= 0.3 is 0 Å². The van der Waals surface area contributed by atoms with Crippen LogP contribution in [0.25, 0.3) is 0 Å². The van der Waals surface area contributed by atoms with Crippen molar-refractivity contribution in [2.24, 2.45) is 5.92 Å². The van der Waals surface area contributed by atoms with E-state index in [0.29, 0.717) is 25.1 Å². The molecule has 3 aromatic carbocycles. The van der Waals surface area contributed by atoms with Crippen molar-refractivity contribution in [1.29, 1.82) is 0 Å². The fourth-order valence-electron chi connectivity index (χ4n) is 4.85. The fourth-order valence-corrected chi connectivity index (χ4v) is 5.87. The number of hydrogen-bond acceptors (Lipinski definition) is 4. The predicted molar refractivity (Wildman–Crippen MR) is 171 cm³/mol. The fraction of sp³-hybridized carbons (Fsp3) is 0.412. The molecule has 0 heterocycles. The molecule has 0 bridgehead atoms. The summed E-state index contributed by atoms with van der Waals surface area (Å²) in [5.41, 5.74) is 5.51. The molecule has 8 heteroatoms. The molecular weight excluding hydrogens is 546 g/mol. The van der Waals surface area contributed by atoms with Crippen LogP contribution in [0.15, 0.2) is 72.8 Å². The van der Waals surface area contributed by atoms with Crippen molar-refractivity contribution in [2.45, 2.75) is 66.5 Å². The van der Waals surface area contributed by atoms with Gasteiger partial charge in [-0.1, -0.05) is 86.1 Å². The standard InChI is InChI=1S/C34H45N3O4S/c1-25(2)23-35-34(39)32(22-29-13-8-7-9-14-29)36(24-30-19-17-26(3)18-20-30)33(38)16-11-21-37(42(6,40)41)31-15-10-12-27(4)28(31)5/h7-10,12-15,17-20,25,32H,11,16,21-24H2,1-6H3,(H,35,39)/t32-/m0/s1. The maximum Gasteiger partial charge on any atom is 0.243 e. The van der Waals surface area contributed by atoms with E-state index in [4.69, 9.17) is 0 Å². The van der Waals surface area contributed by atoms with E-state index < -0.39 is 16.1 Å². The third kappa shape index (κ3) is 9.44. The number of sulfonamides is 1. The average molecular weight is 592 g/mol. The van der Waals surface area contributed by atoms with Crippen LogP contribution >= 0.6 is 0 Å². The molecule has 0 saturated carbocycles. The number of carbonyl (C=O) groups is 2. The van der Waals surface area contributed by atoms with Crippen molar-refractivity contribution in [3.63, 3.8) is 0 Å². The van der Waals surface area contributed by atoms with Crippen molar-refractivity contribution >= 4 is 27.5 Å². The van der Waals surface area contributed by atoms with Crippen LogP contribution < -0.4 is 9.62 Å². The van der Waals surface area contributed by atoms with E-state index in [1.807, 2.05) is 101 Å². The van der Waals surface area contributed by atoms with Crippen molar-refractivity contribution in [3.8, 4) is 0 Å². The summed E-state index contributed by atoms with van der Waals surface area (Å²) in [5, 5.41) is 3.04. The molecule has 0 unspecified atom stereocenters. The highest BCUT2D eigenvalue weighted by Crippen LogP contribution is 2.26. The zero-order valence-corrected chi connectivity index (χ0v) is 26.6. The van der Waals surface area contributed by atoms with E-state index in [1.54, 1.807) is 11.0 Å². The smallest absolute Gasteiger partial charge is 0.243 e. The van der Waals surface area contributed by atoms with Gasteiger partial charge in [-0.3, -0.25) is 13.9 Å². The second-order valence-corrected chi connectivity index (χ2v) is 13.4. The molecule has 0 aliphatic carbocycles. The maximum absolute atomic E-state index is 14.0. The minimum Gasteiger partial charge on any atom is -0.354 e. The molecule has 42 heavy (non-hydrogen) atoms. The highest BCUT2D eigenvalue weighted by atomic mass is 32.2. The Morgan fingerprint density at radius 1 is 0.857 bits per heavy atom. The van der Waals surface area contributed by atoms with Gasteiger partial charge in [0.05, 0.1) is 11.9 Å². The molecule has 1 N–H and O–H groups in total. The Hall–Kier alpha value is -3.65. The summed E-state index contributed by atoms with van der Waals surface area (Å²) in [6.07, 6.45) is 1.98. The molecule has 3 aromatic rings. The summed E-state index contributed by atoms with van der Waals surface area (Å²) in [6, 6.07) is 22.5. The van der Waals surface area contributed by atoms with Gasteiger partial charge in [0.1, 0.15) is 6.04 Å². The number of carbonyl (C=O) groups excluding carboxylic acids is 2. The van der Waals surface area contributed by atoms with Gasteiger partial charge in [0, 0.05) is 32.5 Å². The SMILES string of the molecule is Cc1ccc(CN(C(=O)CCCN(c2cccc(C)c2C)S(C)(=O)=O)[C@@H](Cc2ccccc2)C(=O)NCC(C)C)cc1. The minimum absolute atomic E-state index is 0.103. The lowest BCUT2D eigenvalue weighted by molar-refractivity contribution is -0.141. The molecule has 0 saturated heterocycles. The molecule has 226 valence electrons. The van der Waals surface area contributed by atoms with E-state index in [-0.39, 0.29) is 37.2 Å². The zero-order valence-electron chi connectivity index (χ0n) is 25.8. The number of amides is 2. The summed E-state index contributed by atoms with van der Waals surface area (Å²) >= 11 is 0. The Bertz CT molecular complexity index is 1440. The van der Waals surface area contributed by atoms with Crippen molar-refractivity contribution < 1.29 is 18.0 Å². The molecule has 3 rings (SSSR count). The van der Waals surface area contributed by atoms with E-state index in [1.165, 1.54) is 10.6 Å². The Morgan fingerprint density at radius 3 is 2.14 bits per heavy atom. The zero-order chi connectivity index (χ0) is 30.9. The first-order valence-electron chi connectivity index (χ1n) is 14.6. The molecule has 0 radical (unpaired) electrons. The van der Waals surface area contributed by atoms with Crippen LogP contribution in [0.4, 0.5) is 5.69 Å². The Morgan fingerprint density at radius 2 is 1.52 bits per heavy atom. The first kappa shape index (κ1) is 32.9. The molecular formula is C34H45N3O4S. The van der Waals surface area contributed by atoms with Gasteiger partial charge in [0.2, 0.25) is 21.8 Å². The summed E-state index contributed by atoms with van der Waals surface area (Å²) in [5.74, 6) is -0.119. The summed E-state index contributed by atoms with van der Waals surface area (Å²) in [4.78, 5) is 29.2. The number of nitrogens with zero attached hydrogens (tertiary/aromatic N) is 2. The van der Waals surface area contributed by atoms with Crippen LogP contribution in [0.3, 0.4) is 0 Å². The molecule has 0 aliphatic heterocycles. The predicted octanol–water partition coefficient (Wildman–Crippen LogP) is 5.57. The van der Waals surface area contributed by atoms with Crippen LogP contribution in [0, 0.1) is 26.7 Å². The van der Waals surface area contributed by atoms with E-state index in [2.05, 4.69) is 5.32 Å². The van der Waals surface area contributed by atoms with E-state index in [9.17, 15) is 18.0 Å². The Kier molecular flexibility index (Phi) is 11.7. The largest absolute Gasteiger partial charge is 0.354 e. The van der Waals surface area contributed by atoms with E-state index in [0.717, 1.165) is 27.8 Å². The third-order valence-corrected chi connectivity index (χ3v) is 8.61. The Balaban J connectivity index is 1.89. The maximum atomic E-state index is 14.0. The summed E-state index contributed by atoms with van der Waals surface area (Å²) < 4.78 is 26.9. The third-order valence-electron chi connectivity index (χ3n) is 7.43. The second kappa shape index (κ2) is 15.0. The quantitative estimate of drug-likeness (QED) is 0.266. The molecule has 7 nitrogen and oxygen atoms in total. The van der Waals surface area contributed by atoms with Crippen LogP contribution in [0.1, 0.15) is 54.5 Å². The number of rotatable bonds is 14. The number of nitrogens with one attached hydrogen (secondary N) is 1. The van der Waals surface area contributed by atoms with Gasteiger partial charge in [0.15, 0.2) is 0 Å². The Labute approximate surface area is 252 Å². The van der Waals surface area contributed by atoms with Gasteiger partial charge in [-0.15, -0.1) is 0 Å². The minimum atomic E-state index is -3.57. The number of hydrogen-bond donors (Lipinski definition) is 1. The van der Waals surface area contributed by atoms with Gasteiger partial charge in [-0.25, -0.2) is 8.42 Å². The lowest BCUT2D eigenvalue weighted by Gasteiger charge is -2.32. The first-order chi connectivity index (χ1) is 19.9. The normalized spacial score (nSPS) is 12.2. The van der Waals surface area contributed by atoms with E-state index >= 15 is 0 Å². The van der Waals surface area contributed by atoms with Gasteiger partial charge in [-0.2, -0.15) is 0 Å². The number of aryl methyl sites for hydroxylation is 2. The summed E-state index contributed by atoms with van der Waals surface area (Å²) in [7, 11) is -3.57. The number of benzene rings is 3. The molecule has 0 aromatic heterocycles. The van der Waals surface area contributed by atoms with Crippen LogP contribution in [0.2, 0.25) is 0 Å². The highest BCUT2D eigenvalue weighted by Gasteiger charge is 2.30. The molecule has 0 fully saturated rings. The highest BCUT2D eigenvalue weighted by molar-refractivity contribution is 7.92. The van der Waals surface area contributed by atoms with Crippen LogP contribution in [0.5, 0.6) is 0 Å². The lowest BCUT2D eigenvalue weighted by Crippen LogP contribution is -2.51. The monoisotopic (exact) mass is 591 g/mol. The van der Waals surface area contributed by atoms with Crippen molar-refractivity contribution in [1.82, 2.24) is 10.2 Å². The molecule has 1 atom stereocenters. The van der Waals surface area contributed by atoms with Gasteiger partial charge in [0.25, 0.3) is 0 Å².